The number of halogens is 1. The summed E-state index contributed by atoms with van der Waals surface area (Å²) in [5, 5.41) is 11.9. The van der Waals surface area contributed by atoms with E-state index < -0.39 is 17.5 Å². The van der Waals surface area contributed by atoms with E-state index in [9.17, 15) is 19.1 Å². The molecule has 6 heteroatoms. The molecular formula is C12H15FN2O3. The monoisotopic (exact) mass is 254 g/mol. The van der Waals surface area contributed by atoms with E-state index in [0.717, 1.165) is 12.1 Å². The molecule has 0 bridgehead atoms. The molecule has 0 aliphatic carbocycles. The predicted molar refractivity (Wildman–Crippen MR) is 63.7 cm³/mol. The quantitative estimate of drug-likeness (QED) is 0.832. The summed E-state index contributed by atoms with van der Waals surface area (Å²) in [6, 6.07) is 3.14. The first-order chi connectivity index (χ1) is 8.49. The van der Waals surface area contributed by atoms with Crippen LogP contribution >= 0.6 is 0 Å². The first kappa shape index (κ1) is 14.0. The van der Waals surface area contributed by atoms with Gasteiger partial charge in [-0.2, -0.15) is 0 Å². The molecule has 0 fully saturated rings. The van der Waals surface area contributed by atoms with E-state index in [1.807, 2.05) is 0 Å². The molecule has 2 N–H and O–H groups in total. The summed E-state index contributed by atoms with van der Waals surface area (Å²) in [7, 11) is 1.47. The molecule has 18 heavy (non-hydrogen) atoms. The van der Waals surface area contributed by atoms with Crippen molar-refractivity contribution in [3.63, 3.8) is 0 Å². The molecule has 0 saturated carbocycles. The Labute approximate surface area is 104 Å². The Balaban J connectivity index is 2.93. The van der Waals surface area contributed by atoms with Gasteiger partial charge in [0.1, 0.15) is 11.6 Å². The fourth-order valence-corrected chi connectivity index (χ4v) is 1.44. The molecule has 1 aromatic rings. The van der Waals surface area contributed by atoms with Gasteiger partial charge in [0, 0.05) is 19.7 Å². The van der Waals surface area contributed by atoms with Crippen LogP contribution in [0.5, 0.6) is 5.75 Å². The fraction of sp³-hybridized carbons (Fsp3) is 0.333. The normalized spacial score (nSPS) is 9.94. The summed E-state index contributed by atoms with van der Waals surface area (Å²) in [5.74, 6) is -1.89. The highest BCUT2D eigenvalue weighted by atomic mass is 19.1. The number of rotatable bonds is 4. The average molecular weight is 254 g/mol. The van der Waals surface area contributed by atoms with E-state index in [1.165, 1.54) is 18.0 Å². The largest absolute Gasteiger partial charge is 0.507 e. The number of hydrogen-bond acceptors (Lipinski definition) is 3. The van der Waals surface area contributed by atoms with E-state index in [-0.39, 0.29) is 18.0 Å². The van der Waals surface area contributed by atoms with Crippen molar-refractivity contribution in [2.24, 2.45) is 0 Å². The van der Waals surface area contributed by atoms with Crippen LogP contribution in [0.3, 0.4) is 0 Å². The van der Waals surface area contributed by atoms with Gasteiger partial charge in [-0.1, -0.05) is 0 Å². The van der Waals surface area contributed by atoms with Crippen molar-refractivity contribution in [1.82, 2.24) is 10.2 Å². The summed E-state index contributed by atoms with van der Waals surface area (Å²) in [6.07, 6.45) is 0. The molecule has 2 amide bonds. The Bertz CT molecular complexity index is 463. The van der Waals surface area contributed by atoms with Crippen molar-refractivity contribution < 1.29 is 19.1 Å². The van der Waals surface area contributed by atoms with Gasteiger partial charge in [-0.05, 0) is 19.1 Å². The van der Waals surface area contributed by atoms with E-state index >= 15 is 0 Å². The Hall–Kier alpha value is -2.11. The number of aromatic hydroxyl groups is 1. The molecule has 0 aliphatic heterocycles. The maximum atomic E-state index is 12.8. The van der Waals surface area contributed by atoms with Crippen molar-refractivity contribution >= 4 is 11.8 Å². The van der Waals surface area contributed by atoms with Gasteiger partial charge in [-0.25, -0.2) is 4.39 Å². The van der Waals surface area contributed by atoms with Crippen LogP contribution in [0.2, 0.25) is 0 Å². The number of nitrogens with zero attached hydrogens (tertiary/aromatic N) is 1. The van der Waals surface area contributed by atoms with Crippen LogP contribution in [-0.4, -0.2) is 42.0 Å². The lowest BCUT2D eigenvalue weighted by Gasteiger charge is -2.20. The molecular weight excluding hydrogens is 239 g/mol. The van der Waals surface area contributed by atoms with Gasteiger partial charge in [-0.15, -0.1) is 0 Å². The lowest BCUT2D eigenvalue weighted by Crippen LogP contribution is -2.39. The minimum absolute atomic E-state index is 0.0258. The SMILES string of the molecule is CCN(CC(=O)NC)C(=O)c1ccc(F)cc1O. The third-order valence-corrected chi connectivity index (χ3v) is 2.47. The summed E-state index contributed by atoms with van der Waals surface area (Å²) < 4.78 is 12.8. The van der Waals surface area contributed by atoms with E-state index in [4.69, 9.17) is 0 Å². The molecule has 0 unspecified atom stereocenters. The number of amides is 2. The summed E-state index contributed by atoms with van der Waals surface area (Å²) in [6.45, 7) is 1.91. The standard InChI is InChI=1S/C12H15FN2O3/c1-3-15(7-11(17)14-2)12(18)9-5-4-8(13)6-10(9)16/h4-6,16H,3,7H2,1-2H3,(H,14,17). The third-order valence-electron chi connectivity index (χ3n) is 2.47. The maximum absolute atomic E-state index is 12.8. The van der Waals surface area contributed by atoms with Gasteiger partial charge >= 0.3 is 0 Å². The van der Waals surface area contributed by atoms with Crippen molar-refractivity contribution in [2.75, 3.05) is 20.1 Å². The van der Waals surface area contributed by atoms with Crippen LogP contribution in [-0.2, 0) is 4.79 Å². The Morgan fingerprint density at radius 1 is 1.44 bits per heavy atom. The lowest BCUT2D eigenvalue weighted by atomic mass is 10.1. The smallest absolute Gasteiger partial charge is 0.258 e. The second-order valence-electron chi connectivity index (χ2n) is 3.65. The van der Waals surface area contributed by atoms with Crippen LogP contribution < -0.4 is 5.32 Å². The van der Waals surface area contributed by atoms with Crippen molar-refractivity contribution in [3.8, 4) is 5.75 Å². The number of carbonyl (C=O) groups is 2. The molecule has 1 aromatic carbocycles. The minimum atomic E-state index is -0.626. The first-order valence-corrected chi connectivity index (χ1v) is 5.48. The molecule has 0 aliphatic rings. The average Bonchev–Trinajstić information content (AvgIpc) is 2.34. The number of benzene rings is 1. The summed E-state index contributed by atoms with van der Waals surface area (Å²) in [4.78, 5) is 24.5. The van der Waals surface area contributed by atoms with Crippen LogP contribution in [0.25, 0.3) is 0 Å². The van der Waals surface area contributed by atoms with E-state index in [1.54, 1.807) is 6.92 Å². The molecule has 0 aromatic heterocycles. The van der Waals surface area contributed by atoms with Crippen molar-refractivity contribution in [3.05, 3.63) is 29.6 Å². The molecule has 0 radical (unpaired) electrons. The predicted octanol–water partition coefficient (Wildman–Crippen LogP) is 0.739. The first-order valence-electron chi connectivity index (χ1n) is 5.48. The van der Waals surface area contributed by atoms with Gasteiger partial charge in [0.25, 0.3) is 5.91 Å². The lowest BCUT2D eigenvalue weighted by molar-refractivity contribution is -0.121. The molecule has 0 heterocycles. The number of phenolic OH excluding ortho intramolecular Hbond substituents is 1. The van der Waals surface area contributed by atoms with Crippen LogP contribution in [0.4, 0.5) is 4.39 Å². The third kappa shape index (κ3) is 3.19. The van der Waals surface area contributed by atoms with Crippen molar-refractivity contribution in [2.45, 2.75) is 6.92 Å². The number of likely N-dealkylation sites (N-methyl/N-ethyl adjacent to an activating group) is 2. The maximum Gasteiger partial charge on any atom is 0.258 e. The molecule has 0 saturated heterocycles. The fourth-order valence-electron chi connectivity index (χ4n) is 1.44. The zero-order chi connectivity index (χ0) is 13.7. The Kier molecular flexibility index (Phi) is 4.65. The molecule has 98 valence electrons. The number of nitrogens with one attached hydrogen (secondary N) is 1. The van der Waals surface area contributed by atoms with Gasteiger partial charge < -0.3 is 15.3 Å². The molecule has 5 nitrogen and oxygen atoms in total. The minimum Gasteiger partial charge on any atom is -0.507 e. The van der Waals surface area contributed by atoms with E-state index in [2.05, 4.69) is 5.32 Å². The topological polar surface area (TPSA) is 69.6 Å². The Morgan fingerprint density at radius 3 is 2.61 bits per heavy atom. The zero-order valence-corrected chi connectivity index (χ0v) is 10.2. The highest BCUT2D eigenvalue weighted by molar-refractivity contribution is 5.98. The van der Waals surface area contributed by atoms with Crippen LogP contribution in [0, 0.1) is 5.82 Å². The van der Waals surface area contributed by atoms with Gasteiger partial charge in [0.05, 0.1) is 12.1 Å². The molecule has 0 spiro atoms. The van der Waals surface area contributed by atoms with Crippen molar-refractivity contribution in [1.29, 1.82) is 0 Å². The summed E-state index contributed by atoms with van der Waals surface area (Å²) in [5.41, 5.74) is -0.0258. The highest BCUT2D eigenvalue weighted by Gasteiger charge is 2.19. The Morgan fingerprint density at radius 2 is 2.11 bits per heavy atom. The number of hydrogen-bond donors (Lipinski definition) is 2. The number of carbonyl (C=O) groups excluding carboxylic acids is 2. The van der Waals surface area contributed by atoms with Gasteiger partial charge in [-0.3, -0.25) is 9.59 Å². The second-order valence-corrected chi connectivity index (χ2v) is 3.65. The summed E-state index contributed by atoms with van der Waals surface area (Å²) >= 11 is 0. The second kappa shape index (κ2) is 6.00. The number of phenols is 1. The highest BCUT2D eigenvalue weighted by Crippen LogP contribution is 2.19. The van der Waals surface area contributed by atoms with Gasteiger partial charge in [0.2, 0.25) is 5.91 Å². The van der Waals surface area contributed by atoms with E-state index in [0.29, 0.717) is 6.54 Å². The van der Waals surface area contributed by atoms with Crippen LogP contribution in [0.1, 0.15) is 17.3 Å². The zero-order valence-electron chi connectivity index (χ0n) is 10.2. The molecule has 0 atom stereocenters. The van der Waals surface area contributed by atoms with Gasteiger partial charge in [0.15, 0.2) is 0 Å². The molecule has 1 rings (SSSR count). The van der Waals surface area contributed by atoms with Crippen LogP contribution in [0.15, 0.2) is 18.2 Å².